The highest BCUT2D eigenvalue weighted by Gasteiger charge is 2.18. The van der Waals surface area contributed by atoms with Crippen LogP contribution >= 0.6 is 0 Å². The number of nitrogens with one attached hydrogen (secondary N) is 2. The van der Waals surface area contributed by atoms with Crippen molar-refractivity contribution in [2.75, 3.05) is 53.4 Å². The zero-order chi connectivity index (χ0) is 18.8. The quantitative estimate of drug-likeness (QED) is 0.773. The molecule has 2 unspecified atom stereocenters. The van der Waals surface area contributed by atoms with Crippen LogP contribution in [0, 0.1) is 0 Å². The van der Waals surface area contributed by atoms with E-state index in [1.54, 1.807) is 0 Å². The molecule has 0 amide bonds. The van der Waals surface area contributed by atoms with E-state index in [2.05, 4.69) is 48.4 Å². The molecule has 24 heavy (non-hydrogen) atoms. The Morgan fingerprint density at radius 2 is 1.04 bits per heavy atom. The molecular weight excluding hydrogens is 296 g/mol. The number of likely N-dealkylation sites (N-methyl/N-ethyl adjacent to an activating group) is 2. The van der Waals surface area contributed by atoms with Crippen LogP contribution in [0.2, 0.25) is 0 Å². The Morgan fingerprint density at radius 1 is 0.708 bits per heavy atom. The summed E-state index contributed by atoms with van der Waals surface area (Å²) in [6, 6.07) is 1.54. The van der Waals surface area contributed by atoms with Gasteiger partial charge in [-0.2, -0.15) is 0 Å². The van der Waals surface area contributed by atoms with Crippen LogP contribution in [0.4, 0.5) is 0 Å². The molecule has 0 spiro atoms. The maximum atomic E-state index is 3.52. The number of nitrogens with zero attached hydrogens (tertiary/aromatic N) is 2. The lowest BCUT2D eigenvalue weighted by Crippen LogP contribution is -2.31. The van der Waals surface area contributed by atoms with E-state index in [1.807, 2.05) is 27.7 Å². The Bertz CT molecular complexity index is 212. The minimum atomic E-state index is 0.768. The van der Waals surface area contributed by atoms with Gasteiger partial charge in [-0.3, -0.25) is 0 Å². The minimum absolute atomic E-state index is 0.768. The first-order valence-electron chi connectivity index (χ1n) is 10.5. The molecule has 4 heteroatoms. The van der Waals surface area contributed by atoms with Gasteiger partial charge in [0.2, 0.25) is 0 Å². The van der Waals surface area contributed by atoms with Crippen LogP contribution in [0.15, 0.2) is 0 Å². The third-order valence-corrected chi connectivity index (χ3v) is 4.15. The van der Waals surface area contributed by atoms with E-state index < -0.39 is 0 Å². The fourth-order valence-electron chi connectivity index (χ4n) is 2.90. The molecule has 0 saturated carbocycles. The fourth-order valence-corrected chi connectivity index (χ4v) is 2.90. The molecule has 0 bridgehead atoms. The number of hydrogen-bond acceptors (Lipinski definition) is 4. The van der Waals surface area contributed by atoms with Gasteiger partial charge in [-0.1, -0.05) is 41.5 Å². The molecule has 0 aromatic carbocycles. The van der Waals surface area contributed by atoms with Gasteiger partial charge in [0.15, 0.2) is 0 Å². The maximum absolute atomic E-state index is 3.52. The predicted molar refractivity (Wildman–Crippen MR) is 111 cm³/mol. The number of likely N-dealkylation sites (tertiary alicyclic amines) is 2. The molecule has 0 aliphatic carbocycles. The van der Waals surface area contributed by atoms with Crippen molar-refractivity contribution in [3.05, 3.63) is 0 Å². The fraction of sp³-hybridized carbons (Fsp3) is 1.00. The van der Waals surface area contributed by atoms with Gasteiger partial charge in [0.1, 0.15) is 0 Å². The van der Waals surface area contributed by atoms with Crippen LogP contribution in [-0.2, 0) is 0 Å². The van der Waals surface area contributed by atoms with E-state index in [0.717, 1.165) is 12.1 Å². The van der Waals surface area contributed by atoms with Crippen molar-refractivity contribution in [2.45, 2.75) is 79.3 Å². The average Bonchev–Trinajstić information content (AvgIpc) is 3.23. The van der Waals surface area contributed by atoms with Gasteiger partial charge in [-0.05, 0) is 66.0 Å². The highest BCUT2D eigenvalue weighted by molar-refractivity contribution is 4.78. The van der Waals surface area contributed by atoms with Gasteiger partial charge in [-0.25, -0.2) is 0 Å². The normalized spacial score (nSPS) is 23.5. The van der Waals surface area contributed by atoms with Crippen LogP contribution in [0.1, 0.15) is 67.2 Å². The zero-order valence-electron chi connectivity index (χ0n) is 18.1. The molecule has 0 aromatic rings. The smallest absolute Gasteiger partial charge is 0.0207 e. The Balaban J connectivity index is 0. The van der Waals surface area contributed by atoms with E-state index in [0.29, 0.717) is 0 Å². The second-order valence-electron chi connectivity index (χ2n) is 6.40. The van der Waals surface area contributed by atoms with Crippen molar-refractivity contribution in [2.24, 2.45) is 0 Å². The van der Waals surface area contributed by atoms with Gasteiger partial charge in [0, 0.05) is 25.2 Å². The monoisotopic (exact) mass is 344 g/mol. The maximum Gasteiger partial charge on any atom is 0.0207 e. The third-order valence-electron chi connectivity index (χ3n) is 4.15. The van der Waals surface area contributed by atoms with Crippen LogP contribution in [0.3, 0.4) is 0 Å². The second kappa shape index (κ2) is 19.2. The van der Waals surface area contributed by atoms with Crippen molar-refractivity contribution < 1.29 is 0 Å². The van der Waals surface area contributed by atoms with Crippen molar-refractivity contribution in [1.82, 2.24) is 20.4 Å². The standard InChI is InChI=1S/2C8H18N2.2C2H6/c2*1-3-5-9-8-4-6-10(2)7-8;2*1-2/h2*8-9H,3-7H2,1-2H3;2*1-2H3. The summed E-state index contributed by atoms with van der Waals surface area (Å²) in [6.07, 6.45) is 5.16. The second-order valence-corrected chi connectivity index (χ2v) is 6.40. The lowest BCUT2D eigenvalue weighted by atomic mass is 10.2. The molecule has 2 atom stereocenters. The Kier molecular flexibility index (Phi) is 20.8. The zero-order valence-corrected chi connectivity index (χ0v) is 18.1. The molecule has 0 radical (unpaired) electrons. The molecule has 148 valence electrons. The average molecular weight is 345 g/mol. The van der Waals surface area contributed by atoms with Gasteiger partial charge in [-0.15, -0.1) is 0 Å². The summed E-state index contributed by atoms with van der Waals surface area (Å²) in [4.78, 5) is 4.76. The number of hydrogen-bond donors (Lipinski definition) is 2. The van der Waals surface area contributed by atoms with Crippen molar-refractivity contribution >= 4 is 0 Å². The predicted octanol–water partition coefficient (Wildman–Crippen LogP) is 3.43. The summed E-state index contributed by atoms with van der Waals surface area (Å²) in [6.45, 7) is 19.8. The molecular formula is C20H48N4. The Hall–Kier alpha value is -0.160. The van der Waals surface area contributed by atoms with Crippen LogP contribution in [0.25, 0.3) is 0 Å². The largest absolute Gasteiger partial charge is 0.313 e. The van der Waals surface area contributed by atoms with Gasteiger partial charge >= 0.3 is 0 Å². The first-order chi connectivity index (χ1) is 11.7. The number of rotatable bonds is 6. The van der Waals surface area contributed by atoms with Crippen LogP contribution in [0.5, 0.6) is 0 Å². The van der Waals surface area contributed by atoms with E-state index in [-0.39, 0.29) is 0 Å². The molecule has 2 fully saturated rings. The lowest BCUT2D eigenvalue weighted by Gasteiger charge is -2.10. The molecule has 4 nitrogen and oxygen atoms in total. The molecule has 2 aliphatic heterocycles. The highest BCUT2D eigenvalue weighted by Crippen LogP contribution is 2.06. The summed E-state index contributed by atoms with van der Waals surface area (Å²) in [7, 11) is 4.38. The minimum Gasteiger partial charge on any atom is -0.313 e. The van der Waals surface area contributed by atoms with E-state index in [4.69, 9.17) is 0 Å². The molecule has 0 aromatic heterocycles. The van der Waals surface area contributed by atoms with Crippen LogP contribution in [-0.4, -0.2) is 75.2 Å². The first kappa shape index (κ1) is 26.1. The van der Waals surface area contributed by atoms with Crippen molar-refractivity contribution in [3.63, 3.8) is 0 Å². The van der Waals surface area contributed by atoms with E-state index in [9.17, 15) is 0 Å². The van der Waals surface area contributed by atoms with Crippen molar-refractivity contribution in [3.8, 4) is 0 Å². The summed E-state index contributed by atoms with van der Waals surface area (Å²) in [5.41, 5.74) is 0. The highest BCUT2D eigenvalue weighted by atomic mass is 15.2. The third kappa shape index (κ3) is 14.2. The molecule has 2 heterocycles. The topological polar surface area (TPSA) is 30.5 Å². The van der Waals surface area contributed by atoms with Crippen molar-refractivity contribution in [1.29, 1.82) is 0 Å². The lowest BCUT2D eigenvalue weighted by molar-refractivity contribution is 0.398. The van der Waals surface area contributed by atoms with Crippen LogP contribution < -0.4 is 10.6 Å². The summed E-state index contributed by atoms with van der Waals surface area (Å²) >= 11 is 0. The molecule has 2 saturated heterocycles. The Labute approximate surface area is 153 Å². The molecule has 2 aliphatic rings. The summed E-state index contributed by atoms with van der Waals surface area (Å²) in [5, 5.41) is 7.04. The van der Waals surface area contributed by atoms with Gasteiger partial charge in [0.05, 0.1) is 0 Å². The summed E-state index contributed by atoms with van der Waals surface area (Å²) in [5.74, 6) is 0. The molecule has 2 rings (SSSR count). The van der Waals surface area contributed by atoms with E-state index >= 15 is 0 Å². The van der Waals surface area contributed by atoms with Gasteiger partial charge in [0.25, 0.3) is 0 Å². The molecule has 2 N–H and O–H groups in total. The Morgan fingerprint density at radius 3 is 1.25 bits per heavy atom. The SMILES string of the molecule is CC.CC.CCCNC1CCN(C)C1.CCCNC1CCN(C)C1. The first-order valence-corrected chi connectivity index (χ1v) is 10.5. The van der Waals surface area contributed by atoms with Gasteiger partial charge < -0.3 is 20.4 Å². The van der Waals surface area contributed by atoms with E-state index in [1.165, 1.54) is 65.0 Å². The summed E-state index contributed by atoms with van der Waals surface area (Å²) < 4.78 is 0.